The van der Waals surface area contributed by atoms with E-state index in [-0.39, 0.29) is 19.1 Å². The van der Waals surface area contributed by atoms with Crippen molar-refractivity contribution in [3.8, 4) is 0 Å². The van der Waals surface area contributed by atoms with E-state index in [4.69, 9.17) is 4.74 Å². The number of benzene rings is 1. The topological polar surface area (TPSA) is 84.1 Å². The van der Waals surface area contributed by atoms with Crippen molar-refractivity contribution in [1.82, 2.24) is 15.5 Å². The van der Waals surface area contributed by atoms with Gasteiger partial charge in [0.25, 0.3) is 5.91 Å². The van der Waals surface area contributed by atoms with E-state index in [1.807, 2.05) is 6.07 Å². The van der Waals surface area contributed by atoms with Gasteiger partial charge in [0.05, 0.1) is 6.54 Å². The molecule has 1 aliphatic carbocycles. The molecule has 1 aliphatic rings. The number of hydrogen-bond donors (Lipinski definition) is 2. The maximum Gasteiger partial charge on any atom is 0.359 e. The van der Waals surface area contributed by atoms with Gasteiger partial charge in [0.1, 0.15) is 6.61 Å². The van der Waals surface area contributed by atoms with Crippen molar-refractivity contribution in [2.75, 3.05) is 13.2 Å². The van der Waals surface area contributed by atoms with Crippen LogP contribution < -0.4 is 5.32 Å². The van der Waals surface area contributed by atoms with Gasteiger partial charge in [-0.3, -0.25) is 9.89 Å². The van der Waals surface area contributed by atoms with Crippen molar-refractivity contribution in [3.63, 3.8) is 0 Å². The number of aromatic nitrogens is 2. The molecule has 0 fully saturated rings. The Bertz CT molecular complexity index is 679. The standard InChI is InChI=1S/C16H17N3O3/c20-15(11-5-2-1-3-6-11)17-9-10-22-16(21)14-12-7-4-8-13(12)18-19-14/h1-3,5-6H,4,7-10H2,(H,17,20)(H,18,19). The van der Waals surface area contributed by atoms with Crippen LogP contribution in [0.25, 0.3) is 0 Å². The Morgan fingerprint density at radius 3 is 2.86 bits per heavy atom. The number of nitrogens with zero attached hydrogens (tertiary/aromatic N) is 1. The molecule has 6 nitrogen and oxygen atoms in total. The van der Waals surface area contributed by atoms with Gasteiger partial charge in [-0.1, -0.05) is 18.2 Å². The summed E-state index contributed by atoms with van der Waals surface area (Å²) in [6, 6.07) is 8.91. The Kier molecular flexibility index (Phi) is 4.18. The highest BCUT2D eigenvalue weighted by atomic mass is 16.5. The molecule has 2 N–H and O–H groups in total. The van der Waals surface area contributed by atoms with Crippen LogP contribution in [0.2, 0.25) is 0 Å². The van der Waals surface area contributed by atoms with E-state index in [0.717, 1.165) is 30.5 Å². The maximum absolute atomic E-state index is 12.0. The molecule has 22 heavy (non-hydrogen) atoms. The molecule has 0 saturated carbocycles. The lowest BCUT2D eigenvalue weighted by molar-refractivity contribution is 0.0495. The number of hydrogen-bond acceptors (Lipinski definition) is 4. The van der Waals surface area contributed by atoms with E-state index in [2.05, 4.69) is 15.5 Å². The molecular formula is C16H17N3O3. The van der Waals surface area contributed by atoms with Crippen molar-refractivity contribution in [3.05, 3.63) is 52.8 Å². The summed E-state index contributed by atoms with van der Waals surface area (Å²) in [5.41, 5.74) is 2.96. The third-order valence-electron chi connectivity index (χ3n) is 3.66. The summed E-state index contributed by atoms with van der Waals surface area (Å²) in [4.78, 5) is 23.8. The van der Waals surface area contributed by atoms with Gasteiger partial charge in [-0.2, -0.15) is 5.10 Å². The van der Waals surface area contributed by atoms with Gasteiger partial charge < -0.3 is 10.1 Å². The van der Waals surface area contributed by atoms with Gasteiger partial charge in [-0.05, 0) is 31.4 Å². The largest absolute Gasteiger partial charge is 0.459 e. The predicted molar refractivity (Wildman–Crippen MR) is 79.7 cm³/mol. The van der Waals surface area contributed by atoms with E-state index >= 15 is 0 Å². The number of carbonyl (C=O) groups is 2. The average molecular weight is 299 g/mol. The van der Waals surface area contributed by atoms with Crippen LogP contribution in [0.15, 0.2) is 30.3 Å². The van der Waals surface area contributed by atoms with Gasteiger partial charge >= 0.3 is 5.97 Å². The molecule has 1 aromatic carbocycles. The summed E-state index contributed by atoms with van der Waals surface area (Å²) < 4.78 is 5.16. The minimum absolute atomic E-state index is 0.124. The fourth-order valence-electron chi connectivity index (χ4n) is 2.56. The third kappa shape index (κ3) is 3.00. The second-order valence-corrected chi connectivity index (χ2v) is 5.14. The van der Waals surface area contributed by atoms with Gasteiger partial charge in [-0.15, -0.1) is 0 Å². The normalized spacial score (nSPS) is 12.7. The van der Waals surface area contributed by atoms with E-state index in [1.54, 1.807) is 24.3 Å². The Labute approximate surface area is 127 Å². The van der Waals surface area contributed by atoms with Crippen molar-refractivity contribution >= 4 is 11.9 Å². The Balaban J connectivity index is 1.45. The van der Waals surface area contributed by atoms with Crippen LogP contribution in [0.4, 0.5) is 0 Å². The summed E-state index contributed by atoms with van der Waals surface area (Å²) >= 11 is 0. The van der Waals surface area contributed by atoms with Crippen LogP contribution in [0.1, 0.15) is 38.5 Å². The number of amides is 1. The first kappa shape index (κ1) is 14.3. The smallest absolute Gasteiger partial charge is 0.359 e. The number of nitrogens with one attached hydrogen (secondary N) is 2. The second kappa shape index (κ2) is 6.43. The first-order valence-electron chi connectivity index (χ1n) is 7.32. The zero-order valence-electron chi connectivity index (χ0n) is 12.1. The predicted octanol–water partition coefficient (Wildman–Crippen LogP) is 1.49. The maximum atomic E-state index is 12.0. The van der Waals surface area contributed by atoms with Crippen LogP contribution in [0.5, 0.6) is 0 Å². The number of rotatable bonds is 5. The molecule has 1 amide bonds. The molecule has 1 aromatic heterocycles. The number of H-pyrrole nitrogens is 1. The fraction of sp³-hybridized carbons (Fsp3) is 0.312. The average Bonchev–Trinajstić information content (AvgIpc) is 3.15. The molecule has 0 spiro atoms. The highest BCUT2D eigenvalue weighted by Crippen LogP contribution is 2.23. The lowest BCUT2D eigenvalue weighted by atomic mass is 10.2. The lowest BCUT2D eigenvalue weighted by Crippen LogP contribution is -2.28. The highest BCUT2D eigenvalue weighted by Gasteiger charge is 2.23. The van der Waals surface area contributed by atoms with Gasteiger partial charge in [0.2, 0.25) is 0 Å². The molecule has 0 saturated heterocycles. The molecule has 2 aromatic rings. The molecule has 0 atom stereocenters. The van der Waals surface area contributed by atoms with E-state index in [0.29, 0.717) is 11.3 Å². The molecule has 1 heterocycles. The Hall–Kier alpha value is -2.63. The zero-order valence-corrected chi connectivity index (χ0v) is 12.1. The van der Waals surface area contributed by atoms with Crippen molar-refractivity contribution in [2.24, 2.45) is 0 Å². The van der Waals surface area contributed by atoms with Gasteiger partial charge in [0, 0.05) is 16.8 Å². The SMILES string of the molecule is O=C(NCCOC(=O)c1n[nH]c2c1CCC2)c1ccccc1. The number of esters is 1. The molecule has 0 bridgehead atoms. The van der Waals surface area contributed by atoms with E-state index in [9.17, 15) is 9.59 Å². The fourth-order valence-corrected chi connectivity index (χ4v) is 2.56. The van der Waals surface area contributed by atoms with Crippen LogP contribution in [-0.4, -0.2) is 35.2 Å². The minimum atomic E-state index is -0.437. The summed E-state index contributed by atoms with van der Waals surface area (Å²) in [7, 11) is 0. The third-order valence-corrected chi connectivity index (χ3v) is 3.66. The summed E-state index contributed by atoms with van der Waals surface area (Å²) in [5, 5.41) is 9.60. The number of aromatic amines is 1. The summed E-state index contributed by atoms with van der Waals surface area (Å²) in [6.07, 6.45) is 2.83. The van der Waals surface area contributed by atoms with Crippen LogP contribution in [0, 0.1) is 0 Å². The van der Waals surface area contributed by atoms with Crippen LogP contribution in [-0.2, 0) is 17.6 Å². The van der Waals surface area contributed by atoms with Crippen molar-refractivity contribution < 1.29 is 14.3 Å². The molecular weight excluding hydrogens is 282 g/mol. The first-order chi connectivity index (χ1) is 10.8. The zero-order chi connectivity index (χ0) is 15.4. The summed E-state index contributed by atoms with van der Waals surface area (Å²) in [6.45, 7) is 0.394. The van der Waals surface area contributed by atoms with Crippen molar-refractivity contribution in [2.45, 2.75) is 19.3 Å². The molecule has 0 radical (unpaired) electrons. The molecule has 6 heteroatoms. The second-order valence-electron chi connectivity index (χ2n) is 5.14. The van der Waals surface area contributed by atoms with Gasteiger partial charge in [0.15, 0.2) is 5.69 Å². The van der Waals surface area contributed by atoms with E-state index in [1.165, 1.54) is 0 Å². The minimum Gasteiger partial charge on any atom is -0.459 e. The number of fused-ring (bicyclic) bond motifs is 1. The van der Waals surface area contributed by atoms with Gasteiger partial charge in [-0.25, -0.2) is 4.79 Å². The van der Waals surface area contributed by atoms with Crippen LogP contribution in [0.3, 0.4) is 0 Å². The molecule has 3 rings (SSSR count). The lowest BCUT2D eigenvalue weighted by Gasteiger charge is -2.06. The first-order valence-corrected chi connectivity index (χ1v) is 7.32. The monoisotopic (exact) mass is 299 g/mol. The van der Waals surface area contributed by atoms with E-state index < -0.39 is 5.97 Å². The number of aryl methyl sites for hydroxylation is 1. The molecule has 0 aliphatic heterocycles. The number of ether oxygens (including phenoxy) is 1. The quantitative estimate of drug-likeness (QED) is 0.647. The van der Waals surface area contributed by atoms with Crippen LogP contribution >= 0.6 is 0 Å². The number of carbonyl (C=O) groups excluding carboxylic acids is 2. The highest BCUT2D eigenvalue weighted by molar-refractivity contribution is 5.94. The molecule has 0 unspecified atom stereocenters. The van der Waals surface area contributed by atoms with Crippen molar-refractivity contribution in [1.29, 1.82) is 0 Å². The Morgan fingerprint density at radius 2 is 2.05 bits per heavy atom. The summed E-state index contributed by atoms with van der Waals surface area (Å²) in [5.74, 6) is -0.620. The Morgan fingerprint density at radius 1 is 1.23 bits per heavy atom. The molecule has 114 valence electrons.